The van der Waals surface area contributed by atoms with E-state index in [1.54, 1.807) is 0 Å². The highest BCUT2D eigenvalue weighted by atomic mass is 19.4. The van der Waals surface area contributed by atoms with Crippen LogP contribution in [0.15, 0.2) is 0 Å². The molecule has 1 saturated carbocycles. The fourth-order valence-corrected chi connectivity index (χ4v) is 3.29. The van der Waals surface area contributed by atoms with Gasteiger partial charge in [0.05, 0.1) is 18.2 Å². The molecular weight excluding hydrogens is 333 g/mol. The molecule has 0 radical (unpaired) electrons. The molecule has 23 heavy (non-hydrogen) atoms. The molecule has 4 atom stereocenters. The number of aliphatic hydroxyl groups excluding tert-OH is 1. The van der Waals surface area contributed by atoms with Crippen molar-refractivity contribution in [1.82, 2.24) is 9.78 Å². The molecule has 0 unspecified atom stereocenters. The van der Waals surface area contributed by atoms with Crippen molar-refractivity contribution in [3.8, 4) is 0 Å². The van der Waals surface area contributed by atoms with Gasteiger partial charge in [-0.05, 0) is 12.8 Å². The van der Waals surface area contributed by atoms with Gasteiger partial charge in [-0.15, -0.1) is 0 Å². The molecule has 1 aromatic rings. The Kier molecular flexibility index (Phi) is 3.66. The first kappa shape index (κ1) is 16.5. The second-order valence-electron chi connectivity index (χ2n) is 5.99. The molecule has 2 aliphatic rings. The van der Waals surface area contributed by atoms with Crippen molar-refractivity contribution in [3.63, 3.8) is 0 Å². The van der Waals surface area contributed by atoms with Crippen LogP contribution in [0.4, 0.5) is 30.7 Å². The highest BCUT2D eigenvalue weighted by molar-refractivity contribution is 5.38. The van der Waals surface area contributed by atoms with E-state index >= 15 is 0 Å². The molecule has 0 bridgehead atoms. The van der Waals surface area contributed by atoms with Crippen LogP contribution in [0.1, 0.15) is 48.4 Å². The van der Waals surface area contributed by atoms with Gasteiger partial charge in [0.1, 0.15) is 18.4 Å². The smallest absolute Gasteiger partial charge is 0.382 e. The van der Waals surface area contributed by atoms with Crippen LogP contribution in [0.2, 0.25) is 0 Å². The summed E-state index contributed by atoms with van der Waals surface area (Å²) in [4.78, 5) is 0. The molecule has 3 nitrogen and oxygen atoms in total. The molecule has 0 spiro atoms. The van der Waals surface area contributed by atoms with Gasteiger partial charge >= 0.3 is 6.18 Å². The van der Waals surface area contributed by atoms with Crippen molar-refractivity contribution in [2.45, 2.75) is 62.3 Å². The minimum absolute atomic E-state index is 0.0833. The SMILES string of the molecule is O[C@H]1c2c(C(F)(F)F)nn([C@H]3CC[C@H](F)C[C@@H]3F)c2CC1(F)F. The van der Waals surface area contributed by atoms with Crippen molar-refractivity contribution in [3.05, 3.63) is 17.0 Å². The fraction of sp³-hybridized carbons (Fsp3) is 0.769. The third-order valence-electron chi connectivity index (χ3n) is 4.38. The first-order valence-electron chi connectivity index (χ1n) is 7.05. The number of aromatic nitrogens is 2. The number of fused-ring (bicyclic) bond motifs is 1. The molecule has 1 aromatic heterocycles. The zero-order valence-electron chi connectivity index (χ0n) is 11.6. The lowest BCUT2D eigenvalue weighted by molar-refractivity contribution is -0.146. The van der Waals surface area contributed by atoms with Gasteiger partial charge in [0, 0.05) is 12.0 Å². The van der Waals surface area contributed by atoms with E-state index in [4.69, 9.17) is 0 Å². The lowest BCUT2D eigenvalue weighted by Crippen LogP contribution is -2.32. The molecule has 3 rings (SSSR count). The van der Waals surface area contributed by atoms with Crippen LogP contribution in [0.3, 0.4) is 0 Å². The molecule has 1 fully saturated rings. The number of hydrogen-bond acceptors (Lipinski definition) is 2. The summed E-state index contributed by atoms with van der Waals surface area (Å²) in [5.41, 5.74) is -3.16. The van der Waals surface area contributed by atoms with Gasteiger partial charge in [0.15, 0.2) is 5.69 Å². The molecule has 0 aromatic carbocycles. The highest BCUT2D eigenvalue weighted by Gasteiger charge is 2.55. The average molecular weight is 346 g/mol. The van der Waals surface area contributed by atoms with Crippen molar-refractivity contribution in [1.29, 1.82) is 0 Å². The Morgan fingerprint density at radius 1 is 1.17 bits per heavy atom. The summed E-state index contributed by atoms with van der Waals surface area (Å²) in [6, 6.07) is -1.24. The fourth-order valence-electron chi connectivity index (χ4n) is 3.29. The molecule has 0 saturated heterocycles. The largest absolute Gasteiger partial charge is 0.435 e. The second kappa shape index (κ2) is 5.09. The van der Waals surface area contributed by atoms with E-state index in [0.717, 1.165) is 0 Å². The van der Waals surface area contributed by atoms with Crippen LogP contribution in [-0.4, -0.2) is 33.2 Å². The average Bonchev–Trinajstić information content (AvgIpc) is 2.86. The predicted molar refractivity (Wildman–Crippen MR) is 63.5 cm³/mol. The first-order valence-corrected chi connectivity index (χ1v) is 7.05. The normalized spacial score (nSPS) is 33.7. The van der Waals surface area contributed by atoms with Crippen LogP contribution in [0.5, 0.6) is 0 Å². The number of nitrogens with zero attached hydrogens (tertiary/aromatic N) is 2. The highest BCUT2D eigenvalue weighted by Crippen LogP contribution is 2.49. The van der Waals surface area contributed by atoms with Gasteiger partial charge in [-0.1, -0.05) is 0 Å². The molecule has 2 aliphatic carbocycles. The third kappa shape index (κ3) is 2.60. The van der Waals surface area contributed by atoms with Crippen LogP contribution >= 0.6 is 0 Å². The molecule has 130 valence electrons. The van der Waals surface area contributed by atoms with Crippen molar-refractivity contribution in [2.75, 3.05) is 0 Å². The zero-order chi connectivity index (χ0) is 17.2. The van der Waals surface area contributed by atoms with E-state index in [1.165, 1.54) is 0 Å². The maximum Gasteiger partial charge on any atom is 0.435 e. The molecule has 0 aliphatic heterocycles. The third-order valence-corrected chi connectivity index (χ3v) is 4.38. The maximum atomic E-state index is 14.0. The Bertz CT molecular complexity index is 612. The lowest BCUT2D eigenvalue weighted by Gasteiger charge is -2.29. The van der Waals surface area contributed by atoms with E-state index < -0.39 is 66.4 Å². The Morgan fingerprint density at radius 3 is 2.39 bits per heavy atom. The summed E-state index contributed by atoms with van der Waals surface area (Å²) in [6.45, 7) is 0. The van der Waals surface area contributed by atoms with Gasteiger partial charge in [-0.2, -0.15) is 18.3 Å². The lowest BCUT2D eigenvalue weighted by atomic mass is 9.92. The summed E-state index contributed by atoms with van der Waals surface area (Å²) in [6.07, 6.45) is -12.8. The summed E-state index contributed by atoms with van der Waals surface area (Å²) in [5, 5.41) is 12.8. The zero-order valence-corrected chi connectivity index (χ0v) is 11.6. The van der Waals surface area contributed by atoms with Crippen LogP contribution in [0, 0.1) is 0 Å². The van der Waals surface area contributed by atoms with Gasteiger partial charge in [-0.25, -0.2) is 17.6 Å². The summed E-state index contributed by atoms with van der Waals surface area (Å²) < 4.78 is 94.1. The van der Waals surface area contributed by atoms with Gasteiger partial charge in [0.2, 0.25) is 0 Å². The maximum absolute atomic E-state index is 14.0. The van der Waals surface area contributed by atoms with Crippen molar-refractivity contribution >= 4 is 0 Å². The number of rotatable bonds is 1. The number of alkyl halides is 7. The molecule has 1 N–H and O–H groups in total. The number of hydrogen-bond donors (Lipinski definition) is 1. The van der Waals surface area contributed by atoms with Gasteiger partial charge in [0.25, 0.3) is 5.92 Å². The van der Waals surface area contributed by atoms with E-state index in [-0.39, 0.29) is 12.8 Å². The van der Waals surface area contributed by atoms with Crippen LogP contribution in [-0.2, 0) is 12.6 Å². The Labute approximate surface area is 126 Å². The second-order valence-corrected chi connectivity index (χ2v) is 5.99. The van der Waals surface area contributed by atoms with E-state index in [2.05, 4.69) is 5.10 Å². The predicted octanol–water partition coefficient (Wildman–Crippen LogP) is 3.53. The first-order chi connectivity index (χ1) is 10.5. The summed E-state index contributed by atoms with van der Waals surface area (Å²) in [7, 11) is 0. The summed E-state index contributed by atoms with van der Waals surface area (Å²) in [5.74, 6) is -3.78. The standard InChI is InChI=1S/C13H13F7N2O/c14-5-1-2-7(6(15)3-5)22-8-4-12(16,17)11(23)9(8)10(21-22)13(18,19)20/h5-7,11,23H,1-4H2/t5-,6-,7-,11-/m0/s1. The number of halogens is 7. The van der Waals surface area contributed by atoms with E-state index in [0.29, 0.717) is 4.68 Å². The molecule has 1 heterocycles. The molecule has 0 amide bonds. The Morgan fingerprint density at radius 2 is 1.83 bits per heavy atom. The molecule has 10 heteroatoms. The topological polar surface area (TPSA) is 38.1 Å². The van der Waals surface area contributed by atoms with Crippen LogP contribution < -0.4 is 0 Å². The molecular formula is C13H13F7N2O. The van der Waals surface area contributed by atoms with Gasteiger partial charge in [-0.3, -0.25) is 4.68 Å². The van der Waals surface area contributed by atoms with Crippen LogP contribution in [0.25, 0.3) is 0 Å². The van der Waals surface area contributed by atoms with Crippen molar-refractivity contribution < 1.29 is 35.8 Å². The Balaban J connectivity index is 2.08. The van der Waals surface area contributed by atoms with Crippen molar-refractivity contribution in [2.24, 2.45) is 0 Å². The summed E-state index contributed by atoms with van der Waals surface area (Å²) >= 11 is 0. The van der Waals surface area contributed by atoms with E-state index in [9.17, 15) is 35.8 Å². The van der Waals surface area contributed by atoms with Gasteiger partial charge < -0.3 is 5.11 Å². The van der Waals surface area contributed by atoms with E-state index in [1.807, 2.05) is 0 Å². The quantitative estimate of drug-likeness (QED) is 0.790. The minimum atomic E-state index is -5.06. The monoisotopic (exact) mass is 346 g/mol. The number of aliphatic hydroxyl groups is 1. The Hall–Kier alpha value is -1.32. The minimum Gasteiger partial charge on any atom is -0.382 e.